The minimum Gasteiger partial charge on any atom is -0.329 e. The van der Waals surface area contributed by atoms with Crippen molar-refractivity contribution >= 4 is 28.8 Å². The number of ketones is 1. The second kappa shape index (κ2) is 7.61. The summed E-state index contributed by atoms with van der Waals surface area (Å²) in [5.41, 5.74) is 5.87. The van der Waals surface area contributed by atoms with Crippen molar-refractivity contribution in [1.82, 2.24) is 14.5 Å². The van der Waals surface area contributed by atoms with Gasteiger partial charge in [-0.2, -0.15) is 0 Å². The summed E-state index contributed by atoms with van der Waals surface area (Å²) in [5.74, 6) is 1.11. The van der Waals surface area contributed by atoms with Crippen LogP contribution >= 0.6 is 0 Å². The molecule has 0 amide bonds. The number of nitrogens with zero attached hydrogens (tertiary/aromatic N) is 3. The number of para-hydroxylation sites is 2. The Morgan fingerprint density at radius 3 is 2.66 bits per heavy atom. The average Bonchev–Trinajstić information content (AvgIpc) is 3.20. The molecule has 32 heavy (non-hydrogen) atoms. The van der Waals surface area contributed by atoms with Gasteiger partial charge < -0.3 is 5.32 Å². The van der Waals surface area contributed by atoms with Crippen LogP contribution in [0.4, 0.5) is 5.95 Å². The molecule has 1 aliphatic carbocycles. The summed E-state index contributed by atoms with van der Waals surface area (Å²) in [6, 6.07) is 22.0. The Morgan fingerprint density at radius 1 is 0.969 bits per heavy atom. The number of anilines is 1. The zero-order valence-corrected chi connectivity index (χ0v) is 17.5. The Bertz CT molecular complexity index is 1370. The van der Waals surface area contributed by atoms with Gasteiger partial charge >= 0.3 is 0 Å². The Hall–Kier alpha value is -3.99. The largest absolute Gasteiger partial charge is 0.329 e. The number of aromatic nitrogens is 3. The first-order valence-electron chi connectivity index (χ1n) is 10.9. The highest BCUT2D eigenvalue weighted by molar-refractivity contribution is 6.00. The van der Waals surface area contributed by atoms with Crippen LogP contribution in [0.25, 0.3) is 17.1 Å². The van der Waals surface area contributed by atoms with Gasteiger partial charge in [-0.1, -0.05) is 60.7 Å². The highest BCUT2D eigenvalue weighted by Crippen LogP contribution is 2.44. The zero-order valence-electron chi connectivity index (χ0n) is 17.5. The van der Waals surface area contributed by atoms with Crippen LogP contribution in [0.3, 0.4) is 0 Å². The van der Waals surface area contributed by atoms with Gasteiger partial charge in [0.25, 0.3) is 0 Å². The molecule has 5 heteroatoms. The number of carbonyl (C=O) groups is 1. The Balaban J connectivity index is 1.44. The SMILES string of the molecule is O=C1C[C@@H](/C=C/c2ccccc2)CC2=C1[C@H](c1cccnc1)n1c(nc3ccccc31)N2. The molecule has 1 aliphatic heterocycles. The maximum atomic E-state index is 13.5. The fraction of sp³-hybridized carbons (Fsp3) is 0.148. The minimum atomic E-state index is -0.228. The molecule has 0 saturated carbocycles. The van der Waals surface area contributed by atoms with E-state index in [4.69, 9.17) is 4.98 Å². The standard InChI is InChI=1S/C27H22N4O/c32-24-16-19(13-12-18-7-2-1-3-8-18)15-22-25(24)26(20-9-6-14-28-17-20)31-23-11-5-4-10-21(23)29-27(31)30-22/h1-14,17,19,26H,15-16H2,(H,29,30)/b13-12+/t19-,26-/m0/s1. The summed E-state index contributed by atoms with van der Waals surface area (Å²) >= 11 is 0. The van der Waals surface area contributed by atoms with Gasteiger partial charge in [-0.25, -0.2) is 4.98 Å². The Morgan fingerprint density at radius 2 is 1.81 bits per heavy atom. The zero-order chi connectivity index (χ0) is 21.5. The molecule has 156 valence electrons. The number of hydrogen-bond acceptors (Lipinski definition) is 4. The summed E-state index contributed by atoms with van der Waals surface area (Å²) in [6.07, 6.45) is 9.18. The number of rotatable bonds is 3. The number of carbonyl (C=O) groups excluding carboxylic acids is 1. The molecular formula is C27H22N4O. The first-order chi connectivity index (χ1) is 15.8. The van der Waals surface area contributed by atoms with E-state index >= 15 is 0 Å². The predicted octanol–water partition coefficient (Wildman–Crippen LogP) is 5.39. The molecule has 4 aromatic rings. The van der Waals surface area contributed by atoms with E-state index in [2.05, 4.69) is 45.2 Å². The number of imidazole rings is 1. The Labute approximate surface area is 186 Å². The predicted molar refractivity (Wildman–Crippen MR) is 126 cm³/mol. The molecule has 0 spiro atoms. The maximum Gasteiger partial charge on any atom is 0.209 e. The van der Waals surface area contributed by atoms with Crippen molar-refractivity contribution in [2.24, 2.45) is 5.92 Å². The van der Waals surface area contributed by atoms with Gasteiger partial charge in [0.1, 0.15) is 0 Å². The van der Waals surface area contributed by atoms with E-state index in [-0.39, 0.29) is 17.7 Å². The van der Waals surface area contributed by atoms with Crippen LogP contribution in [0.1, 0.15) is 30.0 Å². The second-order valence-electron chi connectivity index (χ2n) is 8.36. The van der Waals surface area contributed by atoms with Gasteiger partial charge in [-0.15, -0.1) is 0 Å². The van der Waals surface area contributed by atoms with Crippen LogP contribution in [0.5, 0.6) is 0 Å². The number of Topliss-reactive ketones (excluding diaryl/α,β-unsaturated/α-hetero) is 1. The number of allylic oxidation sites excluding steroid dienone is 3. The van der Waals surface area contributed by atoms with Crippen molar-refractivity contribution in [3.63, 3.8) is 0 Å². The third-order valence-corrected chi connectivity index (χ3v) is 6.29. The van der Waals surface area contributed by atoms with E-state index in [0.29, 0.717) is 6.42 Å². The van der Waals surface area contributed by atoms with Crippen LogP contribution < -0.4 is 5.32 Å². The molecule has 2 aliphatic rings. The number of fused-ring (bicyclic) bond motifs is 3. The molecule has 2 atom stereocenters. The number of hydrogen-bond donors (Lipinski definition) is 1. The molecule has 2 aromatic carbocycles. The van der Waals surface area contributed by atoms with E-state index in [1.165, 1.54) is 0 Å². The third kappa shape index (κ3) is 3.14. The average molecular weight is 419 g/mol. The molecule has 2 aromatic heterocycles. The quantitative estimate of drug-likeness (QED) is 0.484. The lowest BCUT2D eigenvalue weighted by molar-refractivity contribution is -0.117. The lowest BCUT2D eigenvalue weighted by Gasteiger charge is -2.35. The second-order valence-corrected chi connectivity index (χ2v) is 8.36. The molecule has 1 N–H and O–H groups in total. The third-order valence-electron chi connectivity index (χ3n) is 6.29. The van der Waals surface area contributed by atoms with E-state index in [0.717, 1.165) is 45.8 Å². The van der Waals surface area contributed by atoms with Crippen molar-refractivity contribution < 1.29 is 4.79 Å². The lowest BCUT2D eigenvalue weighted by Crippen LogP contribution is -2.33. The monoisotopic (exact) mass is 418 g/mol. The van der Waals surface area contributed by atoms with Gasteiger partial charge in [-0.3, -0.25) is 14.3 Å². The van der Waals surface area contributed by atoms with Crippen molar-refractivity contribution in [3.8, 4) is 0 Å². The van der Waals surface area contributed by atoms with Crippen LogP contribution in [0.2, 0.25) is 0 Å². The van der Waals surface area contributed by atoms with E-state index in [1.54, 1.807) is 6.20 Å². The first kappa shape index (κ1) is 18.8. The molecule has 5 nitrogen and oxygen atoms in total. The molecule has 0 radical (unpaired) electrons. The smallest absolute Gasteiger partial charge is 0.209 e. The van der Waals surface area contributed by atoms with Gasteiger partial charge in [0.2, 0.25) is 5.95 Å². The van der Waals surface area contributed by atoms with Crippen LogP contribution in [-0.2, 0) is 4.79 Å². The summed E-state index contributed by atoms with van der Waals surface area (Å²) in [7, 11) is 0. The van der Waals surface area contributed by atoms with E-state index in [1.807, 2.05) is 54.7 Å². The summed E-state index contributed by atoms with van der Waals surface area (Å²) in [6.45, 7) is 0. The fourth-order valence-corrected chi connectivity index (χ4v) is 4.86. The van der Waals surface area contributed by atoms with Crippen molar-refractivity contribution in [3.05, 3.63) is 108 Å². The minimum absolute atomic E-state index is 0.152. The van der Waals surface area contributed by atoms with E-state index in [9.17, 15) is 4.79 Å². The van der Waals surface area contributed by atoms with Gasteiger partial charge in [-0.05, 0) is 41.7 Å². The number of benzene rings is 2. The summed E-state index contributed by atoms with van der Waals surface area (Å²) in [5, 5.41) is 3.50. The van der Waals surface area contributed by atoms with Gasteiger partial charge in [0, 0.05) is 30.1 Å². The first-order valence-corrected chi connectivity index (χ1v) is 10.9. The van der Waals surface area contributed by atoms with E-state index < -0.39 is 0 Å². The Kier molecular flexibility index (Phi) is 4.46. The summed E-state index contributed by atoms with van der Waals surface area (Å²) in [4.78, 5) is 22.7. The molecule has 0 unspecified atom stereocenters. The molecule has 0 fully saturated rings. The molecule has 0 bridgehead atoms. The highest BCUT2D eigenvalue weighted by atomic mass is 16.1. The van der Waals surface area contributed by atoms with Crippen molar-refractivity contribution in [2.75, 3.05) is 5.32 Å². The van der Waals surface area contributed by atoms with Gasteiger partial charge in [0.05, 0.1) is 17.1 Å². The summed E-state index contributed by atoms with van der Waals surface area (Å²) < 4.78 is 2.14. The molecular weight excluding hydrogens is 396 g/mol. The molecule has 3 heterocycles. The number of pyridine rings is 1. The molecule has 6 rings (SSSR count). The van der Waals surface area contributed by atoms with Crippen molar-refractivity contribution in [1.29, 1.82) is 0 Å². The molecule has 0 saturated heterocycles. The number of nitrogens with one attached hydrogen (secondary N) is 1. The fourth-order valence-electron chi connectivity index (χ4n) is 4.86. The van der Waals surface area contributed by atoms with Crippen LogP contribution in [0.15, 0.2) is 96.5 Å². The normalized spacial score (nSPS) is 20.3. The topological polar surface area (TPSA) is 59.8 Å². The van der Waals surface area contributed by atoms with Crippen LogP contribution in [0, 0.1) is 5.92 Å². The van der Waals surface area contributed by atoms with Crippen molar-refractivity contribution in [2.45, 2.75) is 18.9 Å². The maximum absolute atomic E-state index is 13.5. The van der Waals surface area contributed by atoms with Gasteiger partial charge in [0.15, 0.2) is 5.78 Å². The van der Waals surface area contributed by atoms with Crippen LogP contribution in [-0.4, -0.2) is 20.3 Å². The highest BCUT2D eigenvalue weighted by Gasteiger charge is 2.38. The lowest BCUT2D eigenvalue weighted by atomic mass is 9.80.